The smallest absolute Gasteiger partial charge is 0.201 e. The molecule has 94 valence electrons. The number of rotatable bonds is 2. The van der Waals surface area contributed by atoms with Gasteiger partial charge in [-0.15, -0.1) is 0 Å². The largest absolute Gasteiger partial charge is 0.212 e. The van der Waals surface area contributed by atoms with Crippen molar-refractivity contribution >= 4 is 0 Å². The zero-order valence-corrected chi connectivity index (χ0v) is 12.0. The number of nitrogens with zero attached hydrogens (tertiary/aromatic N) is 1. The van der Waals surface area contributed by atoms with Crippen LogP contribution in [0.25, 0.3) is 11.3 Å². The maximum atomic E-state index is 2.32. The molecule has 1 heteroatoms. The molecule has 0 aliphatic rings. The van der Waals surface area contributed by atoms with Gasteiger partial charge in [-0.05, 0) is 49.9 Å². The number of aryl methyl sites for hydroxylation is 5. The Morgan fingerprint density at radius 3 is 2.33 bits per heavy atom. The molecule has 0 spiro atoms. The molecule has 2 aromatic rings. The minimum atomic E-state index is 1.09. The Hall–Kier alpha value is -1.63. The third kappa shape index (κ3) is 2.31. The molecule has 0 saturated heterocycles. The van der Waals surface area contributed by atoms with Gasteiger partial charge in [0.05, 0.1) is 0 Å². The van der Waals surface area contributed by atoms with E-state index in [2.05, 4.69) is 69.8 Å². The Labute approximate surface area is 110 Å². The van der Waals surface area contributed by atoms with Gasteiger partial charge in [0.25, 0.3) is 0 Å². The fourth-order valence-corrected chi connectivity index (χ4v) is 2.32. The van der Waals surface area contributed by atoms with E-state index in [9.17, 15) is 0 Å². The van der Waals surface area contributed by atoms with Gasteiger partial charge in [0.15, 0.2) is 6.20 Å². The monoisotopic (exact) mass is 240 g/mol. The minimum absolute atomic E-state index is 1.09. The number of aromatic nitrogens is 1. The summed E-state index contributed by atoms with van der Waals surface area (Å²) in [4.78, 5) is 0. The van der Waals surface area contributed by atoms with Crippen molar-refractivity contribution in [3.63, 3.8) is 0 Å². The third-order valence-electron chi connectivity index (χ3n) is 3.73. The van der Waals surface area contributed by atoms with E-state index in [4.69, 9.17) is 0 Å². The van der Waals surface area contributed by atoms with E-state index in [1.165, 1.54) is 33.5 Å². The van der Waals surface area contributed by atoms with Gasteiger partial charge in [-0.1, -0.05) is 19.1 Å². The Kier molecular flexibility index (Phi) is 3.51. The molecule has 1 aromatic carbocycles. The lowest BCUT2D eigenvalue weighted by Gasteiger charge is -2.08. The van der Waals surface area contributed by atoms with Crippen LogP contribution in [-0.4, -0.2) is 0 Å². The number of hydrogen-bond donors (Lipinski definition) is 0. The van der Waals surface area contributed by atoms with Crippen molar-refractivity contribution in [1.29, 1.82) is 0 Å². The molecule has 0 bridgehead atoms. The zero-order valence-electron chi connectivity index (χ0n) is 12.0. The van der Waals surface area contributed by atoms with Crippen LogP contribution >= 0.6 is 0 Å². The molecule has 0 unspecified atom stereocenters. The molecule has 0 N–H and O–H groups in total. The van der Waals surface area contributed by atoms with Gasteiger partial charge in [0.2, 0.25) is 5.69 Å². The summed E-state index contributed by atoms with van der Waals surface area (Å²) in [5, 5.41) is 0. The van der Waals surface area contributed by atoms with Gasteiger partial charge in [-0.2, -0.15) is 0 Å². The number of hydrogen-bond acceptors (Lipinski definition) is 0. The SMILES string of the molecule is CCc1ccc(C)c(-c2cc(C)c(C)c[n+]2C)c1. The van der Waals surface area contributed by atoms with Crippen LogP contribution in [0.3, 0.4) is 0 Å². The van der Waals surface area contributed by atoms with Crippen LogP contribution in [0.1, 0.15) is 29.2 Å². The Balaban J connectivity index is 2.64. The second-order valence-corrected chi connectivity index (χ2v) is 5.14. The predicted molar refractivity (Wildman–Crippen MR) is 76.6 cm³/mol. The standard InChI is InChI=1S/C17H22N/c1-6-15-8-7-12(2)16(10-15)17-9-13(3)14(4)11-18(17)5/h7-11H,6H2,1-5H3/q+1. The number of benzene rings is 1. The van der Waals surface area contributed by atoms with Crippen molar-refractivity contribution in [3.8, 4) is 11.3 Å². The van der Waals surface area contributed by atoms with Crippen LogP contribution in [0.5, 0.6) is 0 Å². The van der Waals surface area contributed by atoms with Crippen LogP contribution < -0.4 is 4.57 Å². The van der Waals surface area contributed by atoms with E-state index < -0.39 is 0 Å². The van der Waals surface area contributed by atoms with Gasteiger partial charge in [0.1, 0.15) is 7.05 Å². The average molecular weight is 240 g/mol. The second kappa shape index (κ2) is 4.93. The van der Waals surface area contributed by atoms with Gasteiger partial charge >= 0.3 is 0 Å². The zero-order chi connectivity index (χ0) is 13.3. The van der Waals surface area contributed by atoms with Gasteiger partial charge in [-0.3, -0.25) is 0 Å². The summed E-state index contributed by atoms with van der Waals surface area (Å²) in [6.07, 6.45) is 3.30. The lowest BCUT2D eigenvalue weighted by molar-refractivity contribution is -0.660. The normalized spacial score (nSPS) is 10.7. The summed E-state index contributed by atoms with van der Waals surface area (Å²) in [5.41, 5.74) is 8.07. The minimum Gasteiger partial charge on any atom is -0.201 e. The van der Waals surface area contributed by atoms with Crippen molar-refractivity contribution in [1.82, 2.24) is 0 Å². The van der Waals surface area contributed by atoms with Crippen LogP contribution in [0, 0.1) is 20.8 Å². The van der Waals surface area contributed by atoms with Crippen molar-refractivity contribution < 1.29 is 4.57 Å². The fraction of sp³-hybridized carbons (Fsp3) is 0.353. The molecule has 1 heterocycles. The highest BCUT2D eigenvalue weighted by Gasteiger charge is 2.14. The average Bonchev–Trinajstić information content (AvgIpc) is 2.35. The molecule has 1 nitrogen and oxygen atoms in total. The molecule has 0 amide bonds. The molecular weight excluding hydrogens is 218 g/mol. The maximum Gasteiger partial charge on any atom is 0.212 e. The predicted octanol–water partition coefficient (Wildman–Crippen LogP) is 3.67. The van der Waals surface area contributed by atoms with Gasteiger partial charge in [0, 0.05) is 17.2 Å². The summed E-state index contributed by atoms with van der Waals surface area (Å²) >= 11 is 0. The van der Waals surface area contributed by atoms with E-state index >= 15 is 0 Å². The second-order valence-electron chi connectivity index (χ2n) is 5.14. The molecule has 0 radical (unpaired) electrons. The first-order valence-corrected chi connectivity index (χ1v) is 6.59. The summed E-state index contributed by atoms with van der Waals surface area (Å²) in [7, 11) is 2.12. The van der Waals surface area contributed by atoms with Crippen LogP contribution in [0.15, 0.2) is 30.5 Å². The molecule has 18 heavy (non-hydrogen) atoms. The lowest BCUT2D eigenvalue weighted by Crippen LogP contribution is -2.31. The summed E-state index contributed by atoms with van der Waals surface area (Å²) in [5.74, 6) is 0. The van der Waals surface area contributed by atoms with Crippen molar-refractivity contribution in [2.45, 2.75) is 34.1 Å². The highest BCUT2D eigenvalue weighted by Crippen LogP contribution is 2.23. The van der Waals surface area contributed by atoms with Crippen LogP contribution in [0.4, 0.5) is 0 Å². The molecule has 2 rings (SSSR count). The number of pyridine rings is 1. The molecule has 1 aromatic heterocycles. The van der Waals surface area contributed by atoms with E-state index in [1.54, 1.807) is 0 Å². The Morgan fingerprint density at radius 2 is 1.67 bits per heavy atom. The van der Waals surface area contributed by atoms with Crippen molar-refractivity contribution in [2.24, 2.45) is 7.05 Å². The highest BCUT2D eigenvalue weighted by atomic mass is 14.9. The van der Waals surface area contributed by atoms with Gasteiger partial charge in [-0.25, -0.2) is 4.57 Å². The third-order valence-corrected chi connectivity index (χ3v) is 3.73. The van der Waals surface area contributed by atoms with Crippen LogP contribution in [0.2, 0.25) is 0 Å². The summed E-state index contributed by atoms with van der Waals surface area (Å²) in [6, 6.07) is 9.06. The van der Waals surface area contributed by atoms with Gasteiger partial charge < -0.3 is 0 Å². The topological polar surface area (TPSA) is 3.88 Å². The fourth-order valence-electron chi connectivity index (χ4n) is 2.32. The molecule has 0 fully saturated rings. The molecule has 0 atom stereocenters. The maximum absolute atomic E-state index is 2.32. The lowest BCUT2D eigenvalue weighted by atomic mass is 9.99. The van der Waals surface area contributed by atoms with Crippen LogP contribution in [-0.2, 0) is 13.5 Å². The van der Waals surface area contributed by atoms with Crippen molar-refractivity contribution in [2.75, 3.05) is 0 Å². The Morgan fingerprint density at radius 1 is 0.944 bits per heavy atom. The van der Waals surface area contributed by atoms with E-state index in [1.807, 2.05) is 0 Å². The quantitative estimate of drug-likeness (QED) is 0.705. The molecule has 0 aliphatic heterocycles. The first-order chi connectivity index (χ1) is 8.52. The first kappa shape index (κ1) is 12.8. The van der Waals surface area contributed by atoms with E-state index in [0.29, 0.717) is 0 Å². The molecular formula is C17H22N+. The molecule has 0 aliphatic carbocycles. The first-order valence-electron chi connectivity index (χ1n) is 6.59. The highest BCUT2D eigenvalue weighted by molar-refractivity contribution is 5.62. The Bertz CT molecular complexity index is 582. The van der Waals surface area contributed by atoms with E-state index in [0.717, 1.165) is 6.42 Å². The van der Waals surface area contributed by atoms with E-state index in [-0.39, 0.29) is 0 Å². The summed E-state index contributed by atoms with van der Waals surface area (Å²) < 4.78 is 2.23. The van der Waals surface area contributed by atoms with Crippen molar-refractivity contribution in [3.05, 3.63) is 52.7 Å². The molecule has 0 saturated carbocycles. The summed E-state index contributed by atoms with van der Waals surface area (Å²) in [6.45, 7) is 8.73.